The molecule has 1 unspecified atom stereocenters. The number of nitrogens with zero attached hydrogens (tertiary/aromatic N) is 1. The molecule has 14 heavy (non-hydrogen) atoms. The van der Waals surface area contributed by atoms with E-state index in [0.29, 0.717) is 6.04 Å². The first-order chi connectivity index (χ1) is 6.49. The first-order valence-electron chi connectivity index (χ1n) is 5.00. The van der Waals surface area contributed by atoms with E-state index in [0.717, 1.165) is 0 Å². The maximum Gasteiger partial charge on any atom is 0.0436 e. The van der Waals surface area contributed by atoms with Crippen molar-refractivity contribution in [2.24, 2.45) is 0 Å². The van der Waals surface area contributed by atoms with E-state index < -0.39 is 0 Å². The predicted octanol–water partition coefficient (Wildman–Crippen LogP) is 2.43. The molecule has 78 valence electrons. The third-order valence-electron chi connectivity index (χ3n) is 2.20. The number of benzene rings is 1. The molecule has 1 atom stereocenters. The van der Waals surface area contributed by atoms with E-state index in [2.05, 4.69) is 44.4 Å². The smallest absolute Gasteiger partial charge is 0.0436 e. The number of hydrazine groups is 1. The maximum atomic E-state index is 3.35. The van der Waals surface area contributed by atoms with Crippen LogP contribution in [0.2, 0.25) is 0 Å². The van der Waals surface area contributed by atoms with Crippen LogP contribution < -0.4 is 5.43 Å². The van der Waals surface area contributed by atoms with Gasteiger partial charge in [-0.15, -0.1) is 0 Å². The molecule has 1 aromatic rings. The van der Waals surface area contributed by atoms with E-state index in [1.54, 1.807) is 0 Å². The molecule has 0 aliphatic rings. The van der Waals surface area contributed by atoms with Crippen molar-refractivity contribution in [3.63, 3.8) is 0 Å². The highest BCUT2D eigenvalue weighted by Crippen LogP contribution is 2.16. The zero-order chi connectivity index (χ0) is 10.7. The van der Waals surface area contributed by atoms with Crippen LogP contribution in [0.5, 0.6) is 0 Å². The molecule has 0 heterocycles. The highest BCUT2D eigenvalue weighted by molar-refractivity contribution is 5.30. The largest absolute Gasteiger partial charge is 0.250 e. The Kier molecular flexibility index (Phi) is 3.67. The van der Waals surface area contributed by atoms with Gasteiger partial charge in [-0.25, -0.2) is 5.43 Å². The van der Waals surface area contributed by atoms with Crippen LogP contribution in [0.25, 0.3) is 0 Å². The van der Waals surface area contributed by atoms with Crippen LogP contribution >= 0.6 is 0 Å². The van der Waals surface area contributed by atoms with Crippen molar-refractivity contribution in [2.45, 2.75) is 26.8 Å². The molecule has 0 aromatic heterocycles. The Labute approximate surface area is 86.9 Å². The zero-order valence-electron chi connectivity index (χ0n) is 9.76. The maximum absolute atomic E-state index is 3.35. The van der Waals surface area contributed by atoms with Crippen molar-refractivity contribution < 1.29 is 0 Å². The quantitative estimate of drug-likeness (QED) is 0.740. The van der Waals surface area contributed by atoms with E-state index in [-0.39, 0.29) is 0 Å². The summed E-state index contributed by atoms with van der Waals surface area (Å²) in [6, 6.07) is 7.03. The van der Waals surface area contributed by atoms with Crippen LogP contribution in [0.15, 0.2) is 18.2 Å². The Morgan fingerprint density at radius 2 is 1.57 bits per heavy atom. The minimum absolute atomic E-state index is 0.364. The second-order valence-electron chi connectivity index (χ2n) is 4.17. The summed E-state index contributed by atoms with van der Waals surface area (Å²) in [5.74, 6) is 0. The van der Waals surface area contributed by atoms with Gasteiger partial charge in [-0.1, -0.05) is 29.3 Å². The summed E-state index contributed by atoms with van der Waals surface area (Å²) in [5.41, 5.74) is 7.34. The van der Waals surface area contributed by atoms with E-state index >= 15 is 0 Å². The van der Waals surface area contributed by atoms with Gasteiger partial charge in [0.25, 0.3) is 0 Å². The van der Waals surface area contributed by atoms with Crippen LogP contribution in [0, 0.1) is 13.8 Å². The Morgan fingerprint density at radius 3 is 2.00 bits per heavy atom. The molecular weight excluding hydrogens is 172 g/mol. The third-order valence-corrected chi connectivity index (χ3v) is 2.20. The number of hydrogen-bond donors (Lipinski definition) is 1. The second kappa shape index (κ2) is 4.58. The van der Waals surface area contributed by atoms with E-state index in [9.17, 15) is 0 Å². The standard InChI is InChI=1S/C12H20N2/c1-9-6-10(2)8-12(7-9)11(3)13-14(4)5/h6-8,11,13H,1-5H3. The Morgan fingerprint density at radius 1 is 1.07 bits per heavy atom. The third kappa shape index (κ3) is 3.13. The molecule has 0 saturated carbocycles. The van der Waals surface area contributed by atoms with Crippen LogP contribution in [-0.2, 0) is 0 Å². The molecule has 0 spiro atoms. The van der Waals surface area contributed by atoms with Crippen molar-refractivity contribution >= 4 is 0 Å². The van der Waals surface area contributed by atoms with Crippen molar-refractivity contribution in [2.75, 3.05) is 14.1 Å². The summed E-state index contributed by atoms with van der Waals surface area (Å²) in [6.07, 6.45) is 0. The summed E-state index contributed by atoms with van der Waals surface area (Å²) in [4.78, 5) is 0. The molecule has 2 heteroatoms. The average molecular weight is 192 g/mol. The minimum Gasteiger partial charge on any atom is -0.250 e. The van der Waals surface area contributed by atoms with Crippen molar-refractivity contribution in [1.82, 2.24) is 10.4 Å². The fourth-order valence-corrected chi connectivity index (χ4v) is 1.72. The lowest BCUT2D eigenvalue weighted by atomic mass is 10.0. The van der Waals surface area contributed by atoms with Gasteiger partial charge in [0.2, 0.25) is 0 Å². The van der Waals surface area contributed by atoms with E-state index in [1.165, 1.54) is 16.7 Å². The lowest BCUT2D eigenvalue weighted by molar-refractivity contribution is 0.252. The minimum atomic E-state index is 0.364. The monoisotopic (exact) mass is 192 g/mol. The molecule has 0 aliphatic heterocycles. The summed E-state index contributed by atoms with van der Waals surface area (Å²) >= 11 is 0. The SMILES string of the molecule is Cc1cc(C)cc(C(C)NN(C)C)c1. The highest BCUT2D eigenvalue weighted by atomic mass is 15.5. The average Bonchev–Trinajstić information content (AvgIpc) is 2.00. The molecule has 2 nitrogen and oxygen atoms in total. The fraction of sp³-hybridized carbons (Fsp3) is 0.500. The van der Waals surface area contributed by atoms with Gasteiger partial charge >= 0.3 is 0 Å². The highest BCUT2D eigenvalue weighted by Gasteiger charge is 2.06. The second-order valence-corrected chi connectivity index (χ2v) is 4.17. The molecule has 0 fully saturated rings. The topological polar surface area (TPSA) is 15.3 Å². The molecule has 0 saturated heterocycles. The molecule has 1 N–H and O–H groups in total. The van der Waals surface area contributed by atoms with Gasteiger partial charge in [0.15, 0.2) is 0 Å². The lowest BCUT2D eigenvalue weighted by Gasteiger charge is -2.20. The molecule has 1 rings (SSSR count). The van der Waals surface area contributed by atoms with Crippen molar-refractivity contribution in [3.8, 4) is 0 Å². The number of hydrogen-bond acceptors (Lipinski definition) is 2. The molecule has 0 bridgehead atoms. The molecular formula is C12H20N2. The normalized spacial score (nSPS) is 13.3. The summed E-state index contributed by atoms with van der Waals surface area (Å²) < 4.78 is 0. The van der Waals surface area contributed by atoms with Crippen molar-refractivity contribution in [3.05, 3.63) is 34.9 Å². The van der Waals surface area contributed by atoms with E-state index in [1.807, 2.05) is 19.1 Å². The van der Waals surface area contributed by atoms with Crippen LogP contribution in [0.4, 0.5) is 0 Å². The van der Waals surface area contributed by atoms with Crippen LogP contribution in [0.3, 0.4) is 0 Å². The van der Waals surface area contributed by atoms with Gasteiger partial charge in [-0.2, -0.15) is 0 Å². The molecule has 0 radical (unpaired) electrons. The number of nitrogens with one attached hydrogen (secondary N) is 1. The molecule has 0 amide bonds. The molecule has 1 aromatic carbocycles. The van der Waals surface area contributed by atoms with E-state index in [4.69, 9.17) is 0 Å². The first kappa shape index (κ1) is 11.2. The molecule has 0 aliphatic carbocycles. The number of aryl methyl sites for hydroxylation is 2. The van der Waals surface area contributed by atoms with Gasteiger partial charge in [0.1, 0.15) is 0 Å². The van der Waals surface area contributed by atoms with Crippen molar-refractivity contribution in [1.29, 1.82) is 0 Å². The summed E-state index contributed by atoms with van der Waals surface area (Å²) in [7, 11) is 4.03. The summed E-state index contributed by atoms with van der Waals surface area (Å²) in [5, 5.41) is 1.99. The lowest BCUT2D eigenvalue weighted by Crippen LogP contribution is -2.32. The van der Waals surface area contributed by atoms with Gasteiger partial charge in [0.05, 0.1) is 0 Å². The predicted molar refractivity (Wildman–Crippen MR) is 61.2 cm³/mol. The van der Waals surface area contributed by atoms with Gasteiger partial charge in [-0.05, 0) is 26.3 Å². The van der Waals surface area contributed by atoms with Gasteiger partial charge < -0.3 is 0 Å². The first-order valence-corrected chi connectivity index (χ1v) is 5.00. The van der Waals surface area contributed by atoms with Crippen LogP contribution in [0.1, 0.15) is 29.7 Å². The Bertz CT molecular complexity index is 285. The fourth-order valence-electron chi connectivity index (χ4n) is 1.72. The number of rotatable bonds is 3. The van der Waals surface area contributed by atoms with Crippen LogP contribution in [-0.4, -0.2) is 19.1 Å². The zero-order valence-corrected chi connectivity index (χ0v) is 9.76. The Hall–Kier alpha value is -0.860. The summed E-state index contributed by atoms with van der Waals surface area (Å²) in [6.45, 7) is 6.45. The Balaban J connectivity index is 2.84. The van der Waals surface area contributed by atoms with Gasteiger partial charge in [0, 0.05) is 20.1 Å². The van der Waals surface area contributed by atoms with Gasteiger partial charge in [-0.3, -0.25) is 5.01 Å².